The highest BCUT2D eigenvalue weighted by molar-refractivity contribution is 6.29. The molecule has 0 bridgehead atoms. The number of alkyl halides is 3. The van der Waals surface area contributed by atoms with Crippen LogP contribution in [0.15, 0.2) is 12.1 Å². The first-order valence-electron chi connectivity index (χ1n) is 5.32. The fourth-order valence-electron chi connectivity index (χ4n) is 1.62. The minimum atomic E-state index is -4.39. The second-order valence-electron chi connectivity index (χ2n) is 4.36. The first kappa shape index (κ1) is 12.5. The minimum absolute atomic E-state index is 0.127. The van der Waals surface area contributed by atoms with Crippen LogP contribution in [0.3, 0.4) is 0 Å². The minimum Gasteiger partial charge on any atom is -0.359 e. The van der Waals surface area contributed by atoms with E-state index < -0.39 is 11.7 Å². The van der Waals surface area contributed by atoms with Gasteiger partial charge in [0.15, 0.2) is 0 Å². The normalized spacial score (nSPS) is 16.1. The van der Waals surface area contributed by atoms with E-state index in [-0.39, 0.29) is 11.0 Å². The molecule has 1 aliphatic rings. The molecule has 0 atom stereocenters. The van der Waals surface area contributed by atoms with Gasteiger partial charge in [-0.3, -0.25) is 0 Å². The van der Waals surface area contributed by atoms with E-state index in [9.17, 15) is 13.2 Å². The molecule has 2 nitrogen and oxygen atoms in total. The summed E-state index contributed by atoms with van der Waals surface area (Å²) in [6, 6.07) is 1.88. The average Bonchev–Trinajstić information content (AvgIpc) is 2.99. The molecule has 0 spiro atoms. The maximum atomic E-state index is 12.6. The van der Waals surface area contributed by atoms with Crippen LogP contribution >= 0.6 is 11.6 Å². The molecule has 0 aliphatic heterocycles. The third-order valence-electron chi connectivity index (χ3n) is 2.73. The maximum absolute atomic E-state index is 12.6. The van der Waals surface area contributed by atoms with Crippen LogP contribution in [-0.2, 0) is 6.18 Å². The zero-order valence-electron chi connectivity index (χ0n) is 9.26. The quantitative estimate of drug-likeness (QED) is 0.776. The second kappa shape index (κ2) is 4.37. The van der Waals surface area contributed by atoms with Crippen LogP contribution < -0.4 is 4.90 Å². The molecule has 1 saturated carbocycles. The molecule has 1 heterocycles. The van der Waals surface area contributed by atoms with Crippen LogP contribution in [0.5, 0.6) is 0 Å². The second-order valence-corrected chi connectivity index (χ2v) is 4.75. The van der Waals surface area contributed by atoms with E-state index >= 15 is 0 Å². The third-order valence-corrected chi connectivity index (χ3v) is 2.92. The molecule has 94 valence electrons. The largest absolute Gasteiger partial charge is 0.416 e. The summed E-state index contributed by atoms with van der Waals surface area (Å²) in [5.41, 5.74) is -0.754. The Hall–Kier alpha value is -0.970. The molecular weight excluding hydrogens is 253 g/mol. The van der Waals surface area contributed by atoms with E-state index in [4.69, 9.17) is 11.6 Å². The molecule has 1 fully saturated rings. The highest BCUT2D eigenvalue weighted by Gasteiger charge is 2.32. The summed E-state index contributed by atoms with van der Waals surface area (Å²) in [6.07, 6.45) is -2.12. The van der Waals surface area contributed by atoms with Crippen molar-refractivity contribution in [3.8, 4) is 0 Å². The Balaban J connectivity index is 2.23. The van der Waals surface area contributed by atoms with Crippen molar-refractivity contribution < 1.29 is 13.2 Å². The van der Waals surface area contributed by atoms with Crippen molar-refractivity contribution >= 4 is 17.4 Å². The summed E-state index contributed by atoms with van der Waals surface area (Å²) in [4.78, 5) is 5.64. The number of pyridine rings is 1. The van der Waals surface area contributed by atoms with Crippen molar-refractivity contribution in [1.82, 2.24) is 4.98 Å². The molecule has 0 saturated heterocycles. The Kier molecular flexibility index (Phi) is 3.21. The summed E-state index contributed by atoms with van der Waals surface area (Å²) < 4.78 is 37.7. The highest BCUT2D eigenvalue weighted by Crippen LogP contribution is 2.34. The van der Waals surface area contributed by atoms with Crippen molar-refractivity contribution in [3.05, 3.63) is 22.8 Å². The fraction of sp³-hybridized carbons (Fsp3) is 0.545. The highest BCUT2D eigenvalue weighted by atomic mass is 35.5. The molecule has 0 aromatic carbocycles. The molecule has 1 aliphatic carbocycles. The number of nitrogens with zero attached hydrogens (tertiary/aromatic N) is 2. The lowest BCUT2D eigenvalue weighted by Gasteiger charge is -2.19. The smallest absolute Gasteiger partial charge is 0.359 e. The average molecular weight is 265 g/mol. The topological polar surface area (TPSA) is 16.1 Å². The van der Waals surface area contributed by atoms with Crippen molar-refractivity contribution in [2.75, 3.05) is 18.5 Å². The molecule has 0 unspecified atom stereocenters. The molecule has 6 heteroatoms. The zero-order valence-corrected chi connectivity index (χ0v) is 10.0. The number of hydrogen-bond donors (Lipinski definition) is 0. The SMILES string of the molecule is CN(CC1CC1)c1cc(C(F)(F)F)cc(Cl)n1. The van der Waals surface area contributed by atoms with E-state index in [1.807, 2.05) is 0 Å². The van der Waals surface area contributed by atoms with Crippen molar-refractivity contribution in [2.45, 2.75) is 19.0 Å². The lowest BCUT2D eigenvalue weighted by Crippen LogP contribution is -2.22. The van der Waals surface area contributed by atoms with Gasteiger partial charge in [-0.15, -0.1) is 0 Å². The lowest BCUT2D eigenvalue weighted by atomic mass is 10.2. The van der Waals surface area contributed by atoms with Gasteiger partial charge < -0.3 is 4.90 Å². The van der Waals surface area contributed by atoms with Gasteiger partial charge in [0.2, 0.25) is 0 Å². The number of anilines is 1. The first-order valence-corrected chi connectivity index (χ1v) is 5.70. The van der Waals surface area contributed by atoms with Crippen LogP contribution in [0.4, 0.5) is 19.0 Å². The van der Waals surface area contributed by atoms with E-state index in [1.165, 1.54) is 0 Å². The van der Waals surface area contributed by atoms with E-state index in [1.54, 1.807) is 11.9 Å². The Morgan fingerprint density at radius 3 is 2.59 bits per heavy atom. The van der Waals surface area contributed by atoms with Gasteiger partial charge in [0, 0.05) is 13.6 Å². The molecule has 1 aromatic heterocycles. The van der Waals surface area contributed by atoms with Crippen LogP contribution in [0.1, 0.15) is 18.4 Å². The zero-order chi connectivity index (χ0) is 12.6. The molecule has 17 heavy (non-hydrogen) atoms. The summed E-state index contributed by atoms with van der Waals surface area (Å²) >= 11 is 5.61. The predicted octanol–water partition coefficient (Wildman–Crippen LogP) is 3.60. The van der Waals surface area contributed by atoms with Crippen molar-refractivity contribution in [1.29, 1.82) is 0 Å². The lowest BCUT2D eigenvalue weighted by molar-refractivity contribution is -0.137. The first-order chi connectivity index (χ1) is 7.86. The number of rotatable bonds is 3. The molecule has 0 N–H and O–H groups in total. The van der Waals surface area contributed by atoms with Gasteiger partial charge in [-0.1, -0.05) is 11.6 Å². The molecule has 2 rings (SSSR count). The van der Waals surface area contributed by atoms with Crippen LogP contribution in [0.2, 0.25) is 5.15 Å². The van der Waals surface area contributed by atoms with E-state index in [0.29, 0.717) is 5.92 Å². The summed E-state index contributed by atoms with van der Waals surface area (Å²) in [5, 5.41) is -0.127. The molecule has 0 radical (unpaired) electrons. The molecular formula is C11H12ClF3N2. The van der Waals surface area contributed by atoms with Crippen molar-refractivity contribution in [2.24, 2.45) is 5.92 Å². The van der Waals surface area contributed by atoms with Gasteiger partial charge in [0.25, 0.3) is 0 Å². The van der Waals surface area contributed by atoms with Gasteiger partial charge >= 0.3 is 6.18 Å². The van der Waals surface area contributed by atoms with Crippen LogP contribution in [-0.4, -0.2) is 18.6 Å². The summed E-state index contributed by atoms with van der Waals surface area (Å²) in [6.45, 7) is 0.727. The monoisotopic (exact) mass is 264 g/mol. The maximum Gasteiger partial charge on any atom is 0.416 e. The van der Waals surface area contributed by atoms with Gasteiger partial charge in [0.1, 0.15) is 11.0 Å². The molecule has 1 aromatic rings. The van der Waals surface area contributed by atoms with Gasteiger partial charge in [-0.25, -0.2) is 4.98 Å². The van der Waals surface area contributed by atoms with Gasteiger partial charge in [0.05, 0.1) is 5.56 Å². The van der Waals surface area contributed by atoms with Crippen LogP contribution in [0, 0.1) is 5.92 Å². The Morgan fingerprint density at radius 2 is 2.06 bits per heavy atom. The van der Waals surface area contributed by atoms with E-state index in [0.717, 1.165) is 31.5 Å². The van der Waals surface area contributed by atoms with Gasteiger partial charge in [-0.05, 0) is 30.9 Å². The van der Waals surface area contributed by atoms with Crippen LogP contribution in [0.25, 0.3) is 0 Å². The third kappa shape index (κ3) is 3.25. The fourth-order valence-corrected chi connectivity index (χ4v) is 1.83. The Morgan fingerprint density at radius 1 is 1.41 bits per heavy atom. The summed E-state index contributed by atoms with van der Waals surface area (Å²) in [5.74, 6) is 0.854. The Bertz CT molecular complexity index is 416. The standard InChI is InChI=1S/C11H12ClF3N2/c1-17(6-7-2-3-7)10-5-8(11(13,14)15)4-9(12)16-10/h4-5,7H,2-3,6H2,1H3. The Labute approximate surface area is 102 Å². The van der Waals surface area contributed by atoms with E-state index in [2.05, 4.69) is 4.98 Å². The summed E-state index contributed by atoms with van der Waals surface area (Å²) in [7, 11) is 1.73. The van der Waals surface area contributed by atoms with Gasteiger partial charge in [-0.2, -0.15) is 13.2 Å². The molecule has 0 amide bonds. The number of halogens is 4. The number of hydrogen-bond acceptors (Lipinski definition) is 2. The predicted molar refractivity (Wildman–Crippen MR) is 60.2 cm³/mol. The number of aromatic nitrogens is 1. The van der Waals surface area contributed by atoms with Crippen molar-refractivity contribution in [3.63, 3.8) is 0 Å².